The molecule has 4 heteroatoms. The molecule has 0 heterocycles. The van der Waals surface area contributed by atoms with E-state index in [1.54, 1.807) is 18.2 Å². The van der Waals surface area contributed by atoms with Gasteiger partial charge in [0.2, 0.25) is 0 Å². The quantitative estimate of drug-likeness (QED) is 0.870. The minimum absolute atomic E-state index is 0.251. The van der Waals surface area contributed by atoms with E-state index >= 15 is 0 Å². The van der Waals surface area contributed by atoms with Crippen molar-refractivity contribution in [2.45, 2.75) is 13.5 Å². The first kappa shape index (κ1) is 13.0. The summed E-state index contributed by atoms with van der Waals surface area (Å²) in [6.45, 7) is 2.40. The van der Waals surface area contributed by atoms with Gasteiger partial charge in [-0.2, -0.15) is 0 Å². The van der Waals surface area contributed by atoms with E-state index in [0.29, 0.717) is 11.0 Å². The fraction of sp³-hybridized carbons (Fsp3) is 0.143. The summed E-state index contributed by atoms with van der Waals surface area (Å²) in [5, 5.41) is 3.20. The zero-order valence-corrected chi connectivity index (χ0v) is 11.4. The topological polar surface area (TPSA) is 12.0 Å². The summed E-state index contributed by atoms with van der Waals surface area (Å²) < 4.78 is 26.4. The maximum Gasteiger partial charge on any atom is 0.137 e. The van der Waals surface area contributed by atoms with E-state index in [1.165, 1.54) is 18.2 Å². The molecule has 0 saturated heterocycles. The van der Waals surface area contributed by atoms with Crippen LogP contribution in [0.3, 0.4) is 0 Å². The van der Waals surface area contributed by atoms with Gasteiger partial charge in [0, 0.05) is 12.2 Å². The van der Waals surface area contributed by atoms with Gasteiger partial charge in [-0.1, -0.05) is 12.1 Å². The predicted molar refractivity (Wildman–Crippen MR) is 72.6 cm³/mol. The van der Waals surface area contributed by atoms with Crippen molar-refractivity contribution >= 4 is 21.6 Å². The van der Waals surface area contributed by atoms with Crippen LogP contribution in [0, 0.1) is 18.6 Å². The molecule has 0 aliphatic carbocycles. The lowest BCUT2D eigenvalue weighted by Gasteiger charge is -2.10. The van der Waals surface area contributed by atoms with Crippen molar-refractivity contribution in [1.82, 2.24) is 0 Å². The van der Waals surface area contributed by atoms with E-state index in [9.17, 15) is 8.78 Å². The van der Waals surface area contributed by atoms with E-state index in [2.05, 4.69) is 21.2 Å². The van der Waals surface area contributed by atoms with Crippen molar-refractivity contribution in [3.8, 4) is 0 Å². The smallest absolute Gasteiger partial charge is 0.137 e. The van der Waals surface area contributed by atoms with Crippen LogP contribution in [0.5, 0.6) is 0 Å². The number of aryl methyl sites for hydroxylation is 1. The fourth-order valence-electron chi connectivity index (χ4n) is 1.64. The first-order valence-corrected chi connectivity index (χ1v) is 6.29. The lowest BCUT2D eigenvalue weighted by molar-refractivity contribution is 0.620. The number of hydrogen-bond donors (Lipinski definition) is 1. The molecule has 2 rings (SSSR count). The zero-order valence-electron chi connectivity index (χ0n) is 9.81. The third-order valence-corrected chi connectivity index (χ3v) is 3.27. The molecule has 2 aromatic carbocycles. The molecule has 0 fully saturated rings. The van der Waals surface area contributed by atoms with Gasteiger partial charge in [-0.3, -0.25) is 0 Å². The number of hydrogen-bond acceptors (Lipinski definition) is 1. The van der Waals surface area contributed by atoms with Crippen LogP contribution < -0.4 is 5.32 Å². The molecule has 2 aromatic rings. The fourth-order valence-corrected chi connectivity index (χ4v) is 1.98. The molecule has 0 atom stereocenters. The molecular formula is C14H12BrF2N. The van der Waals surface area contributed by atoms with Crippen molar-refractivity contribution in [1.29, 1.82) is 0 Å². The molecule has 0 radical (unpaired) electrons. The summed E-state index contributed by atoms with van der Waals surface area (Å²) in [7, 11) is 0. The summed E-state index contributed by atoms with van der Waals surface area (Å²) in [5.41, 5.74) is 2.65. The lowest BCUT2D eigenvalue weighted by atomic mass is 10.1. The molecule has 0 unspecified atom stereocenters. The minimum Gasteiger partial charge on any atom is -0.381 e. The van der Waals surface area contributed by atoms with Gasteiger partial charge >= 0.3 is 0 Å². The molecule has 0 bridgehead atoms. The second kappa shape index (κ2) is 5.48. The Labute approximate surface area is 113 Å². The molecule has 1 nitrogen and oxygen atoms in total. The van der Waals surface area contributed by atoms with Crippen molar-refractivity contribution < 1.29 is 8.78 Å². The molecular weight excluding hydrogens is 300 g/mol. The van der Waals surface area contributed by atoms with Crippen LogP contribution in [0.2, 0.25) is 0 Å². The summed E-state index contributed by atoms with van der Waals surface area (Å²) >= 11 is 3.15. The van der Waals surface area contributed by atoms with Gasteiger partial charge < -0.3 is 5.32 Å². The summed E-state index contributed by atoms with van der Waals surface area (Å²) in [4.78, 5) is 0. The predicted octanol–water partition coefficient (Wildman–Crippen LogP) is 4.65. The Kier molecular flexibility index (Phi) is 3.97. The van der Waals surface area contributed by atoms with E-state index in [0.717, 1.165) is 16.8 Å². The number of anilines is 1. The Morgan fingerprint density at radius 3 is 2.44 bits per heavy atom. The second-order valence-electron chi connectivity index (χ2n) is 4.06. The first-order valence-electron chi connectivity index (χ1n) is 5.50. The zero-order chi connectivity index (χ0) is 13.1. The van der Waals surface area contributed by atoms with Crippen molar-refractivity contribution in [2.24, 2.45) is 0 Å². The molecule has 0 saturated carbocycles. The molecule has 0 spiro atoms. The van der Waals surface area contributed by atoms with E-state index in [-0.39, 0.29) is 11.6 Å². The number of rotatable bonds is 3. The van der Waals surface area contributed by atoms with Gasteiger partial charge in [0.15, 0.2) is 0 Å². The van der Waals surface area contributed by atoms with Crippen LogP contribution in [0.4, 0.5) is 14.5 Å². The Bertz CT molecular complexity index is 552. The average molecular weight is 312 g/mol. The Morgan fingerprint density at radius 1 is 1.11 bits per heavy atom. The molecule has 1 N–H and O–H groups in total. The maximum atomic E-state index is 13.3. The van der Waals surface area contributed by atoms with Crippen molar-refractivity contribution in [3.05, 3.63) is 63.6 Å². The first-order chi connectivity index (χ1) is 8.56. The molecule has 0 amide bonds. The molecule has 18 heavy (non-hydrogen) atoms. The van der Waals surface area contributed by atoms with Crippen LogP contribution in [-0.2, 0) is 6.54 Å². The van der Waals surface area contributed by atoms with Crippen molar-refractivity contribution in [2.75, 3.05) is 5.32 Å². The van der Waals surface area contributed by atoms with Crippen LogP contribution in [0.15, 0.2) is 40.9 Å². The minimum atomic E-state index is -0.278. The number of benzene rings is 2. The Morgan fingerprint density at radius 2 is 1.78 bits per heavy atom. The SMILES string of the molecule is Cc1cc(F)c(Br)cc1NCc1ccc(F)cc1. The van der Waals surface area contributed by atoms with E-state index in [1.807, 2.05) is 6.92 Å². The van der Waals surface area contributed by atoms with Gasteiger partial charge in [-0.15, -0.1) is 0 Å². The second-order valence-corrected chi connectivity index (χ2v) is 4.92. The summed E-state index contributed by atoms with van der Waals surface area (Å²) in [5.74, 6) is -0.528. The third-order valence-electron chi connectivity index (χ3n) is 2.66. The summed E-state index contributed by atoms with van der Waals surface area (Å²) in [6, 6.07) is 9.45. The largest absolute Gasteiger partial charge is 0.381 e. The Hall–Kier alpha value is -1.42. The van der Waals surface area contributed by atoms with E-state index < -0.39 is 0 Å². The van der Waals surface area contributed by atoms with E-state index in [4.69, 9.17) is 0 Å². The molecule has 0 aliphatic rings. The number of nitrogens with one attached hydrogen (secondary N) is 1. The van der Waals surface area contributed by atoms with Crippen LogP contribution in [-0.4, -0.2) is 0 Å². The highest BCUT2D eigenvalue weighted by Crippen LogP contribution is 2.24. The highest BCUT2D eigenvalue weighted by atomic mass is 79.9. The summed E-state index contributed by atoms with van der Waals surface area (Å²) in [6.07, 6.45) is 0. The lowest BCUT2D eigenvalue weighted by Crippen LogP contribution is -2.01. The third kappa shape index (κ3) is 3.07. The molecule has 94 valence electrons. The van der Waals surface area contributed by atoms with Crippen molar-refractivity contribution in [3.63, 3.8) is 0 Å². The monoisotopic (exact) mass is 311 g/mol. The van der Waals surface area contributed by atoms with Gasteiger partial charge in [-0.25, -0.2) is 8.78 Å². The maximum absolute atomic E-state index is 13.3. The standard InChI is InChI=1S/C14H12BrF2N/c1-9-6-13(17)12(15)7-14(9)18-8-10-2-4-11(16)5-3-10/h2-7,18H,8H2,1H3. The highest BCUT2D eigenvalue weighted by Gasteiger charge is 2.05. The highest BCUT2D eigenvalue weighted by molar-refractivity contribution is 9.10. The van der Waals surface area contributed by atoms with Gasteiger partial charge in [0.25, 0.3) is 0 Å². The van der Waals surface area contributed by atoms with Gasteiger partial charge in [0.1, 0.15) is 11.6 Å². The number of halogens is 3. The van der Waals surface area contributed by atoms with Crippen LogP contribution in [0.1, 0.15) is 11.1 Å². The molecule has 0 aromatic heterocycles. The average Bonchev–Trinajstić information content (AvgIpc) is 2.34. The Balaban J connectivity index is 2.10. The van der Waals surface area contributed by atoms with Gasteiger partial charge in [-0.05, 0) is 58.2 Å². The van der Waals surface area contributed by atoms with Crippen LogP contribution in [0.25, 0.3) is 0 Å². The normalized spacial score (nSPS) is 10.4. The molecule has 0 aliphatic heterocycles. The van der Waals surface area contributed by atoms with Crippen LogP contribution >= 0.6 is 15.9 Å². The van der Waals surface area contributed by atoms with Gasteiger partial charge in [0.05, 0.1) is 4.47 Å².